The molecule has 2 aliphatic rings. The van der Waals surface area contributed by atoms with Gasteiger partial charge in [-0.3, -0.25) is 0 Å². The van der Waals surface area contributed by atoms with Crippen molar-refractivity contribution in [1.29, 1.82) is 0 Å². The fraction of sp³-hybridized carbons (Fsp3) is 0.706. The minimum absolute atomic E-state index is 0.154. The third kappa shape index (κ3) is 4.04. The Hall–Kier alpha value is -1.86. The van der Waals surface area contributed by atoms with E-state index in [0.717, 1.165) is 18.9 Å². The van der Waals surface area contributed by atoms with E-state index in [1.807, 2.05) is 20.8 Å². The first-order valence-electron chi connectivity index (χ1n) is 8.34. The topological polar surface area (TPSA) is 55.3 Å². The summed E-state index contributed by atoms with van der Waals surface area (Å²) in [7, 11) is 0. The Bertz CT molecular complexity index is 639. The van der Waals surface area contributed by atoms with E-state index in [2.05, 4.69) is 10.2 Å². The number of hydrogen-bond donors (Lipinski definition) is 0. The average molecular weight is 357 g/mol. The van der Waals surface area contributed by atoms with E-state index < -0.39 is 17.5 Å². The number of aromatic nitrogens is 2. The molecule has 2 heterocycles. The summed E-state index contributed by atoms with van der Waals surface area (Å²) in [6, 6.07) is 2.37. The van der Waals surface area contributed by atoms with Gasteiger partial charge in [-0.2, -0.15) is 18.3 Å². The number of ether oxygens (including phenoxy) is 1. The summed E-state index contributed by atoms with van der Waals surface area (Å²) in [5, 5.41) is 6.94. The van der Waals surface area contributed by atoms with Crippen LogP contribution in [0.5, 0.6) is 0 Å². The lowest BCUT2D eigenvalue weighted by Crippen LogP contribution is -2.64. The van der Waals surface area contributed by atoms with Crippen molar-refractivity contribution in [2.24, 2.45) is 11.3 Å². The molecule has 138 valence electrons. The number of amides is 1. The van der Waals surface area contributed by atoms with Crippen LogP contribution in [0, 0.1) is 11.3 Å². The molecular formula is C17H22F3N3O2. The van der Waals surface area contributed by atoms with Crippen molar-refractivity contribution in [2.45, 2.75) is 51.8 Å². The fourth-order valence-corrected chi connectivity index (χ4v) is 3.70. The number of alkyl halides is 3. The SMILES string of the molecule is CC(C)(C)OC(=O)N1CC2(CC(Cc3ccc(C(F)(F)F)nn3)C2)C1. The molecule has 1 aliphatic carbocycles. The van der Waals surface area contributed by atoms with Crippen LogP contribution in [0.4, 0.5) is 18.0 Å². The molecule has 5 nitrogen and oxygen atoms in total. The van der Waals surface area contributed by atoms with Crippen LogP contribution in [-0.2, 0) is 17.3 Å². The Balaban J connectivity index is 1.44. The molecule has 1 spiro atoms. The average Bonchev–Trinajstić information content (AvgIpc) is 2.37. The van der Waals surface area contributed by atoms with Crippen LogP contribution in [0.2, 0.25) is 0 Å². The molecule has 1 aliphatic heterocycles. The van der Waals surface area contributed by atoms with E-state index >= 15 is 0 Å². The molecule has 1 aromatic heterocycles. The quantitative estimate of drug-likeness (QED) is 0.810. The zero-order valence-corrected chi connectivity index (χ0v) is 14.6. The molecule has 1 amide bonds. The molecule has 0 aromatic carbocycles. The number of halogens is 3. The lowest BCUT2D eigenvalue weighted by atomic mass is 9.57. The summed E-state index contributed by atoms with van der Waals surface area (Å²) >= 11 is 0. The lowest BCUT2D eigenvalue weighted by molar-refractivity contribution is -0.141. The van der Waals surface area contributed by atoms with Crippen LogP contribution in [0.15, 0.2) is 12.1 Å². The van der Waals surface area contributed by atoms with Crippen LogP contribution < -0.4 is 0 Å². The number of carbonyl (C=O) groups is 1. The highest BCUT2D eigenvalue weighted by atomic mass is 19.4. The van der Waals surface area contributed by atoms with E-state index in [9.17, 15) is 18.0 Å². The summed E-state index contributed by atoms with van der Waals surface area (Å²) in [4.78, 5) is 13.7. The molecule has 0 bridgehead atoms. The smallest absolute Gasteiger partial charge is 0.435 e. The van der Waals surface area contributed by atoms with Gasteiger partial charge in [0.15, 0.2) is 5.69 Å². The maximum Gasteiger partial charge on any atom is 0.435 e. The second-order valence-corrected chi connectivity index (χ2v) is 8.22. The van der Waals surface area contributed by atoms with Crippen LogP contribution in [0.3, 0.4) is 0 Å². The third-order valence-corrected chi connectivity index (χ3v) is 4.66. The fourth-order valence-electron chi connectivity index (χ4n) is 3.70. The van der Waals surface area contributed by atoms with Gasteiger partial charge in [-0.1, -0.05) is 0 Å². The van der Waals surface area contributed by atoms with Gasteiger partial charge in [-0.15, -0.1) is 5.10 Å². The van der Waals surface area contributed by atoms with Crippen molar-refractivity contribution >= 4 is 6.09 Å². The first-order chi connectivity index (χ1) is 11.5. The number of nitrogens with zero attached hydrogens (tertiary/aromatic N) is 3. The first-order valence-corrected chi connectivity index (χ1v) is 8.34. The van der Waals surface area contributed by atoms with E-state index in [1.54, 1.807) is 4.90 Å². The lowest BCUT2D eigenvalue weighted by Gasteiger charge is -2.58. The monoisotopic (exact) mass is 357 g/mol. The van der Waals surface area contributed by atoms with Crippen LogP contribution in [0.1, 0.15) is 45.0 Å². The predicted molar refractivity (Wildman–Crippen MR) is 83.7 cm³/mol. The zero-order valence-electron chi connectivity index (χ0n) is 14.6. The number of carbonyl (C=O) groups excluding carboxylic acids is 1. The summed E-state index contributed by atoms with van der Waals surface area (Å²) < 4.78 is 42.8. The summed E-state index contributed by atoms with van der Waals surface area (Å²) in [5.41, 5.74) is -0.728. The van der Waals surface area contributed by atoms with Gasteiger partial charge in [0.25, 0.3) is 0 Å². The van der Waals surface area contributed by atoms with Crippen molar-refractivity contribution in [1.82, 2.24) is 15.1 Å². The third-order valence-electron chi connectivity index (χ3n) is 4.66. The van der Waals surface area contributed by atoms with E-state index in [0.29, 0.717) is 31.1 Å². The number of hydrogen-bond acceptors (Lipinski definition) is 4. The van der Waals surface area contributed by atoms with Crippen LogP contribution in [-0.4, -0.2) is 39.9 Å². The van der Waals surface area contributed by atoms with Crippen molar-refractivity contribution in [3.63, 3.8) is 0 Å². The van der Waals surface area contributed by atoms with Gasteiger partial charge in [0.05, 0.1) is 5.69 Å². The molecule has 0 atom stereocenters. The second kappa shape index (κ2) is 5.85. The summed E-state index contributed by atoms with van der Waals surface area (Å²) in [5.74, 6) is 0.381. The number of likely N-dealkylation sites (tertiary alicyclic amines) is 1. The summed E-state index contributed by atoms with van der Waals surface area (Å²) in [6.45, 7) is 6.90. The standard InChI is InChI=1S/C17H22F3N3O2/c1-15(2,3)25-14(24)23-9-16(10-23)7-11(8-16)6-12-4-5-13(22-21-12)17(18,19)20/h4-5,11H,6-10H2,1-3H3. The van der Waals surface area contributed by atoms with Gasteiger partial charge in [0.2, 0.25) is 0 Å². The Labute approximate surface area is 144 Å². The van der Waals surface area contributed by atoms with E-state index in [-0.39, 0.29) is 11.5 Å². The molecule has 2 fully saturated rings. The van der Waals surface area contributed by atoms with Gasteiger partial charge in [0, 0.05) is 18.5 Å². The van der Waals surface area contributed by atoms with Crippen molar-refractivity contribution < 1.29 is 22.7 Å². The zero-order chi connectivity index (χ0) is 18.5. The number of rotatable bonds is 2. The molecule has 1 saturated carbocycles. The highest BCUT2D eigenvalue weighted by Crippen LogP contribution is 2.53. The molecule has 1 saturated heterocycles. The molecule has 0 unspecified atom stereocenters. The van der Waals surface area contributed by atoms with Gasteiger partial charge in [-0.25, -0.2) is 4.79 Å². The second-order valence-electron chi connectivity index (χ2n) is 8.22. The highest BCUT2D eigenvalue weighted by molar-refractivity contribution is 5.69. The molecule has 1 aromatic rings. The van der Waals surface area contributed by atoms with E-state index in [4.69, 9.17) is 4.74 Å². The van der Waals surface area contributed by atoms with Gasteiger partial charge in [0.1, 0.15) is 5.60 Å². The minimum Gasteiger partial charge on any atom is -0.444 e. The van der Waals surface area contributed by atoms with Crippen molar-refractivity contribution in [2.75, 3.05) is 13.1 Å². The largest absolute Gasteiger partial charge is 0.444 e. The molecule has 25 heavy (non-hydrogen) atoms. The maximum atomic E-state index is 12.5. The van der Waals surface area contributed by atoms with Crippen molar-refractivity contribution in [3.05, 3.63) is 23.5 Å². The molecule has 3 rings (SSSR count). The molecule has 0 N–H and O–H groups in total. The van der Waals surface area contributed by atoms with Gasteiger partial charge >= 0.3 is 12.3 Å². The first kappa shape index (κ1) is 17.9. The highest BCUT2D eigenvalue weighted by Gasteiger charge is 2.54. The Morgan fingerprint density at radius 1 is 1.24 bits per heavy atom. The maximum absolute atomic E-state index is 12.5. The predicted octanol–water partition coefficient (Wildman–Crippen LogP) is 3.69. The Morgan fingerprint density at radius 3 is 2.36 bits per heavy atom. The van der Waals surface area contributed by atoms with Crippen molar-refractivity contribution in [3.8, 4) is 0 Å². The van der Waals surface area contributed by atoms with E-state index in [1.165, 1.54) is 6.07 Å². The molecule has 0 radical (unpaired) electrons. The van der Waals surface area contributed by atoms with Gasteiger partial charge < -0.3 is 9.64 Å². The molecular weight excluding hydrogens is 335 g/mol. The Kier molecular flexibility index (Phi) is 4.20. The van der Waals surface area contributed by atoms with Gasteiger partial charge in [-0.05, 0) is 58.1 Å². The summed E-state index contributed by atoms with van der Waals surface area (Å²) in [6.07, 6.45) is -2.21. The van der Waals surface area contributed by atoms with Crippen LogP contribution in [0.25, 0.3) is 0 Å². The normalized spacial score (nSPS) is 20.2. The van der Waals surface area contributed by atoms with Crippen LogP contribution >= 0.6 is 0 Å². The Morgan fingerprint density at radius 2 is 1.88 bits per heavy atom. The minimum atomic E-state index is -4.46. The molecule has 8 heteroatoms.